The highest BCUT2D eigenvalue weighted by Gasteiger charge is 2.20. The Labute approximate surface area is 156 Å². The van der Waals surface area contributed by atoms with Gasteiger partial charge in [-0.1, -0.05) is 70.4 Å². The van der Waals surface area contributed by atoms with E-state index >= 15 is 0 Å². The number of hydrogen-bond donors (Lipinski definition) is 1. The van der Waals surface area contributed by atoms with Gasteiger partial charge in [0, 0.05) is 23.6 Å². The predicted molar refractivity (Wildman–Crippen MR) is 110 cm³/mol. The molecule has 3 rings (SSSR count). The third-order valence-electron chi connectivity index (χ3n) is 4.69. The quantitative estimate of drug-likeness (QED) is 0.588. The minimum Gasteiger partial charge on any atom is -0.370 e. The molecule has 0 radical (unpaired) electrons. The fourth-order valence-electron chi connectivity index (χ4n) is 3.00. The molecule has 0 atom stereocenters. The Bertz CT molecular complexity index is 870. The van der Waals surface area contributed by atoms with Gasteiger partial charge in [-0.3, -0.25) is 0 Å². The molecule has 0 spiro atoms. The summed E-state index contributed by atoms with van der Waals surface area (Å²) in [5, 5.41) is 8.20. The highest BCUT2D eigenvalue weighted by Crippen LogP contribution is 2.29. The van der Waals surface area contributed by atoms with Crippen molar-refractivity contribution in [1.29, 1.82) is 0 Å². The number of aromatic nitrogens is 3. The van der Waals surface area contributed by atoms with E-state index in [1.165, 1.54) is 18.4 Å². The van der Waals surface area contributed by atoms with Gasteiger partial charge in [0.2, 0.25) is 0 Å². The molecule has 4 nitrogen and oxygen atoms in total. The number of nitrogens with zero attached hydrogens (tertiary/aromatic N) is 3. The summed E-state index contributed by atoms with van der Waals surface area (Å²) in [4.78, 5) is 4.97. The molecule has 1 aromatic carbocycles. The van der Waals surface area contributed by atoms with Crippen LogP contribution in [-0.2, 0) is 5.41 Å². The maximum atomic E-state index is 4.97. The number of hydrogen-bond acceptors (Lipinski definition) is 3. The van der Waals surface area contributed by atoms with E-state index in [1.54, 1.807) is 0 Å². The molecule has 0 aliphatic carbocycles. The van der Waals surface area contributed by atoms with Gasteiger partial charge in [0.25, 0.3) is 0 Å². The lowest BCUT2D eigenvalue weighted by Crippen LogP contribution is -2.17. The summed E-state index contributed by atoms with van der Waals surface area (Å²) < 4.78 is 1.94. The molecule has 4 heteroatoms. The molecule has 0 fully saturated rings. The van der Waals surface area contributed by atoms with E-state index in [2.05, 4.69) is 75.4 Å². The average molecular weight is 351 g/mol. The van der Waals surface area contributed by atoms with E-state index in [0.717, 1.165) is 41.3 Å². The molecule has 0 saturated heterocycles. The Morgan fingerprint density at radius 3 is 2.46 bits per heavy atom. The summed E-state index contributed by atoms with van der Waals surface area (Å²) in [7, 11) is 0. The molecule has 0 aliphatic heterocycles. The van der Waals surface area contributed by atoms with Crippen LogP contribution >= 0.6 is 0 Å². The van der Waals surface area contributed by atoms with Gasteiger partial charge in [-0.15, -0.1) is 0 Å². The third kappa shape index (κ3) is 3.90. The van der Waals surface area contributed by atoms with Crippen molar-refractivity contribution in [2.45, 2.75) is 59.3 Å². The molecule has 2 heterocycles. The lowest BCUT2D eigenvalue weighted by Gasteiger charge is -2.20. The maximum Gasteiger partial charge on any atom is 0.165 e. The summed E-state index contributed by atoms with van der Waals surface area (Å²) in [6.45, 7) is 11.9. The van der Waals surface area contributed by atoms with Crippen LogP contribution in [0, 0.1) is 6.92 Å². The zero-order chi connectivity index (χ0) is 18.7. The summed E-state index contributed by atoms with van der Waals surface area (Å²) in [5.41, 5.74) is 5.47. The molecule has 0 saturated carbocycles. The van der Waals surface area contributed by atoms with Gasteiger partial charge in [0.15, 0.2) is 5.65 Å². The molecular formula is C22H30N4. The molecule has 0 aliphatic rings. The fraction of sp³-hybridized carbons (Fsp3) is 0.455. The molecule has 3 aromatic rings. The topological polar surface area (TPSA) is 42.2 Å². The van der Waals surface area contributed by atoms with Crippen LogP contribution in [0.1, 0.15) is 58.2 Å². The molecular weight excluding hydrogens is 320 g/mol. The maximum absolute atomic E-state index is 4.97. The first-order chi connectivity index (χ1) is 12.4. The van der Waals surface area contributed by atoms with Crippen LogP contribution < -0.4 is 5.32 Å². The van der Waals surface area contributed by atoms with Crippen molar-refractivity contribution in [2.75, 3.05) is 11.9 Å². The molecule has 2 aromatic heterocycles. The summed E-state index contributed by atoms with van der Waals surface area (Å²) in [6.07, 6.45) is 5.55. The van der Waals surface area contributed by atoms with Crippen molar-refractivity contribution in [1.82, 2.24) is 14.6 Å². The number of rotatable bonds is 6. The lowest BCUT2D eigenvalue weighted by molar-refractivity contribution is 0.568. The molecule has 0 unspecified atom stereocenters. The second-order valence-electron chi connectivity index (χ2n) is 8.07. The van der Waals surface area contributed by atoms with Gasteiger partial charge < -0.3 is 5.32 Å². The molecule has 26 heavy (non-hydrogen) atoms. The first-order valence-electron chi connectivity index (χ1n) is 9.60. The van der Waals surface area contributed by atoms with Crippen molar-refractivity contribution in [3.8, 4) is 11.1 Å². The normalized spacial score (nSPS) is 11.9. The van der Waals surface area contributed by atoms with Crippen molar-refractivity contribution < 1.29 is 0 Å². The van der Waals surface area contributed by atoms with Crippen LogP contribution in [0.4, 0.5) is 5.82 Å². The summed E-state index contributed by atoms with van der Waals surface area (Å²) in [5.74, 6) is 1.02. The van der Waals surface area contributed by atoms with Crippen molar-refractivity contribution >= 4 is 11.5 Å². The smallest absolute Gasteiger partial charge is 0.165 e. The van der Waals surface area contributed by atoms with E-state index in [9.17, 15) is 0 Å². The summed E-state index contributed by atoms with van der Waals surface area (Å²) in [6, 6.07) is 10.7. The third-order valence-corrected chi connectivity index (χ3v) is 4.69. The first kappa shape index (κ1) is 18.4. The van der Waals surface area contributed by atoms with E-state index in [-0.39, 0.29) is 5.41 Å². The van der Waals surface area contributed by atoms with Gasteiger partial charge in [-0.05, 0) is 18.9 Å². The molecule has 138 valence electrons. The zero-order valence-electron chi connectivity index (χ0n) is 16.6. The number of fused-ring (bicyclic) bond motifs is 1. The minimum atomic E-state index is -0.0174. The number of nitrogens with one attached hydrogen (secondary N) is 1. The second kappa shape index (κ2) is 7.48. The van der Waals surface area contributed by atoms with Crippen LogP contribution in [0.25, 0.3) is 16.8 Å². The fourth-order valence-corrected chi connectivity index (χ4v) is 3.00. The van der Waals surface area contributed by atoms with Gasteiger partial charge in [0.1, 0.15) is 5.82 Å². The van der Waals surface area contributed by atoms with Crippen LogP contribution in [-0.4, -0.2) is 21.1 Å². The lowest BCUT2D eigenvalue weighted by atomic mass is 9.92. The SMILES string of the molecule is CCCCCNc1cc(C(C)(C)C)nc2c(-c3ccc(C)cc3)cnn12. The Hall–Kier alpha value is -2.36. The molecule has 1 N–H and O–H groups in total. The Balaban J connectivity index is 2.07. The number of unbranched alkanes of at least 4 members (excludes halogenated alkanes) is 2. The first-order valence-corrected chi connectivity index (χ1v) is 9.60. The minimum absolute atomic E-state index is 0.0174. The molecule has 0 bridgehead atoms. The van der Waals surface area contributed by atoms with Gasteiger partial charge in [-0.25, -0.2) is 4.98 Å². The zero-order valence-corrected chi connectivity index (χ0v) is 16.6. The Morgan fingerprint density at radius 2 is 1.81 bits per heavy atom. The second-order valence-corrected chi connectivity index (χ2v) is 8.07. The average Bonchev–Trinajstić information content (AvgIpc) is 3.02. The van der Waals surface area contributed by atoms with Crippen molar-refractivity contribution in [2.24, 2.45) is 0 Å². The Morgan fingerprint density at radius 1 is 1.08 bits per heavy atom. The van der Waals surface area contributed by atoms with E-state index in [4.69, 9.17) is 4.98 Å². The standard InChI is InChI=1S/C22H30N4/c1-6-7-8-13-23-20-14-19(22(3,4)5)25-21-18(15-24-26(20)21)17-11-9-16(2)10-12-17/h9-12,14-15,23H,6-8,13H2,1-5H3. The van der Waals surface area contributed by atoms with E-state index < -0.39 is 0 Å². The highest BCUT2D eigenvalue weighted by molar-refractivity contribution is 5.78. The van der Waals surface area contributed by atoms with E-state index in [1.807, 2.05) is 10.7 Å². The van der Waals surface area contributed by atoms with Crippen LogP contribution in [0.15, 0.2) is 36.5 Å². The molecule has 0 amide bonds. The van der Waals surface area contributed by atoms with Crippen LogP contribution in [0.5, 0.6) is 0 Å². The monoisotopic (exact) mass is 350 g/mol. The van der Waals surface area contributed by atoms with Crippen LogP contribution in [0.2, 0.25) is 0 Å². The Kier molecular flexibility index (Phi) is 5.30. The largest absolute Gasteiger partial charge is 0.370 e. The predicted octanol–water partition coefficient (Wildman–Crippen LogP) is 5.60. The summed E-state index contributed by atoms with van der Waals surface area (Å²) >= 11 is 0. The van der Waals surface area contributed by atoms with Gasteiger partial charge in [-0.2, -0.15) is 9.61 Å². The number of benzene rings is 1. The van der Waals surface area contributed by atoms with Gasteiger partial charge in [0.05, 0.1) is 11.9 Å². The van der Waals surface area contributed by atoms with E-state index in [0.29, 0.717) is 0 Å². The number of anilines is 1. The van der Waals surface area contributed by atoms with Crippen molar-refractivity contribution in [3.05, 3.63) is 47.8 Å². The highest BCUT2D eigenvalue weighted by atomic mass is 15.3. The van der Waals surface area contributed by atoms with Crippen molar-refractivity contribution in [3.63, 3.8) is 0 Å². The van der Waals surface area contributed by atoms with Gasteiger partial charge >= 0.3 is 0 Å². The van der Waals surface area contributed by atoms with Crippen LogP contribution in [0.3, 0.4) is 0 Å². The number of aryl methyl sites for hydroxylation is 1.